The van der Waals surface area contributed by atoms with E-state index in [-0.39, 0.29) is 11.7 Å². The zero-order valence-electron chi connectivity index (χ0n) is 16.2. The summed E-state index contributed by atoms with van der Waals surface area (Å²) in [6, 6.07) is 15.7. The van der Waals surface area contributed by atoms with Crippen molar-refractivity contribution < 1.29 is 23.5 Å². The van der Waals surface area contributed by atoms with E-state index in [1.165, 1.54) is 25.6 Å². The van der Waals surface area contributed by atoms with Crippen LogP contribution in [0.4, 0.5) is 11.4 Å². The lowest BCUT2D eigenvalue weighted by molar-refractivity contribution is 0.0999. The number of rotatable bonds is 6. The molecule has 2 aromatic carbocycles. The number of amides is 2. The third-order valence-electron chi connectivity index (χ3n) is 4.43. The molecule has 7 nitrogen and oxygen atoms in total. The van der Waals surface area contributed by atoms with E-state index in [0.717, 1.165) is 0 Å². The van der Waals surface area contributed by atoms with Crippen LogP contribution in [-0.4, -0.2) is 26.0 Å². The number of methoxy groups -OCH3 is 2. The van der Waals surface area contributed by atoms with E-state index in [4.69, 9.17) is 13.9 Å². The van der Waals surface area contributed by atoms with Crippen LogP contribution in [0.15, 0.2) is 64.4 Å². The number of hydrogen-bond donors (Lipinski definition) is 2. The molecule has 0 radical (unpaired) electrons. The fraction of sp³-hybridized carbons (Fsp3) is 0.0909. The first-order valence-corrected chi connectivity index (χ1v) is 9.88. The molecular weight excluding hydrogens is 404 g/mol. The summed E-state index contributed by atoms with van der Waals surface area (Å²) in [6.07, 6.45) is 0. The number of nitrogens with one attached hydrogen (secondary N) is 2. The maximum atomic E-state index is 13.0. The van der Waals surface area contributed by atoms with E-state index < -0.39 is 5.91 Å². The highest BCUT2D eigenvalue weighted by Gasteiger charge is 2.23. The maximum absolute atomic E-state index is 13.0. The van der Waals surface area contributed by atoms with Crippen molar-refractivity contribution in [1.29, 1.82) is 0 Å². The Bertz CT molecular complexity index is 1210. The second kappa shape index (κ2) is 8.30. The van der Waals surface area contributed by atoms with Gasteiger partial charge in [0, 0.05) is 17.1 Å². The number of para-hydroxylation sites is 1. The fourth-order valence-electron chi connectivity index (χ4n) is 3.01. The molecule has 4 rings (SSSR count). The van der Waals surface area contributed by atoms with Crippen molar-refractivity contribution in [3.8, 4) is 11.5 Å². The monoisotopic (exact) mass is 422 g/mol. The van der Waals surface area contributed by atoms with Crippen molar-refractivity contribution >= 4 is 45.5 Å². The molecule has 2 aromatic heterocycles. The van der Waals surface area contributed by atoms with Gasteiger partial charge >= 0.3 is 0 Å². The molecule has 0 saturated carbocycles. The average Bonchev–Trinajstić information content (AvgIpc) is 3.42. The highest BCUT2D eigenvalue weighted by Crippen LogP contribution is 2.33. The summed E-state index contributed by atoms with van der Waals surface area (Å²) in [4.78, 5) is 26.1. The first-order chi connectivity index (χ1) is 14.6. The van der Waals surface area contributed by atoms with Crippen molar-refractivity contribution in [2.24, 2.45) is 0 Å². The van der Waals surface area contributed by atoms with Crippen molar-refractivity contribution in [3.05, 3.63) is 70.6 Å². The van der Waals surface area contributed by atoms with Gasteiger partial charge in [0.25, 0.3) is 11.8 Å². The van der Waals surface area contributed by atoms with Gasteiger partial charge in [0.05, 0.1) is 19.1 Å². The minimum absolute atomic E-state index is 0.0101. The molecule has 0 unspecified atom stereocenters. The largest absolute Gasteiger partial charge is 0.493 e. The van der Waals surface area contributed by atoms with Gasteiger partial charge in [-0.15, -0.1) is 11.3 Å². The summed E-state index contributed by atoms with van der Waals surface area (Å²) < 4.78 is 16.3. The number of carbonyl (C=O) groups is 2. The van der Waals surface area contributed by atoms with E-state index >= 15 is 0 Å². The van der Waals surface area contributed by atoms with Crippen LogP contribution >= 0.6 is 11.3 Å². The molecule has 0 aliphatic rings. The first kappa shape index (κ1) is 19.5. The number of furan rings is 1. The van der Waals surface area contributed by atoms with Gasteiger partial charge in [-0.1, -0.05) is 18.2 Å². The molecule has 2 heterocycles. The topological polar surface area (TPSA) is 89.8 Å². The Kier molecular flexibility index (Phi) is 5.40. The van der Waals surface area contributed by atoms with Gasteiger partial charge in [-0.2, -0.15) is 0 Å². The van der Waals surface area contributed by atoms with Crippen molar-refractivity contribution in [2.75, 3.05) is 24.9 Å². The van der Waals surface area contributed by atoms with Crippen molar-refractivity contribution in [3.63, 3.8) is 0 Å². The summed E-state index contributed by atoms with van der Waals surface area (Å²) in [6.45, 7) is 0. The fourth-order valence-corrected chi connectivity index (χ4v) is 3.63. The smallest absolute Gasteiger partial charge is 0.293 e. The molecule has 0 spiro atoms. The Morgan fingerprint density at radius 3 is 2.43 bits per heavy atom. The van der Waals surface area contributed by atoms with Crippen LogP contribution in [0.25, 0.3) is 11.0 Å². The molecule has 0 atom stereocenters. The molecule has 8 heteroatoms. The Labute approximate surface area is 176 Å². The Hall–Kier alpha value is -3.78. The number of benzene rings is 2. The molecule has 2 N–H and O–H groups in total. The van der Waals surface area contributed by atoms with Crippen LogP contribution in [-0.2, 0) is 0 Å². The lowest BCUT2D eigenvalue weighted by Gasteiger charge is -2.10. The SMILES string of the molecule is COc1ccc(NC(=O)c2oc3ccccc3c2NC(=O)c2cccs2)cc1OC. The molecule has 2 amide bonds. The zero-order valence-corrected chi connectivity index (χ0v) is 17.0. The second-order valence-electron chi connectivity index (χ2n) is 6.26. The van der Waals surface area contributed by atoms with Gasteiger partial charge in [-0.25, -0.2) is 0 Å². The lowest BCUT2D eigenvalue weighted by atomic mass is 10.2. The summed E-state index contributed by atoms with van der Waals surface area (Å²) in [5, 5.41) is 8.04. The summed E-state index contributed by atoms with van der Waals surface area (Å²) >= 11 is 1.31. The van der Waals surface area contributed by atoms with Gasteiger partial charge in [-0.05, 0) is 35.7 Å². The Morgan fingerprint density at radius 2 is 1.70 bits per heavy atom. The highest BCUT2D eigenvalue weighted by atomic mass is 32.1. The lowest BCUT2D eigenvalue weighted by Crippen LogP contribution is -2.16. The molecule has 30 heavy (non-hydrogen) atoms. The predicted molar refractivity (Wildman–Crippen MR) is 116 cm³/mol. The van der Waals surface area contributed by atoms with Gasteiger partial charge in [0.1, 0.15) is 11.3 Å². The standard InChI is InChI=1S/C22H18N2O5S/c1-27-16-10-9-13(12-17(16)28-2)23-22(26)20-19(14-6-3-4-7-15(14)29-20)24-21(25)18-8-5-11-30-18/h3-12H,1-2H3,(H,23,26)(H,24,25). The number of ether oxygens (including phenoxy) is 2. The predicted octanol–water partition coefficient (Wildman–Crippen LogP) is 5.02. The number of anilines is 2. The molecule has 0 bridgehead atoms. The summed E-state index contributed by atoms with van der Waals surface area (Å²) in [7, 11) is 3.05. The van der Waals surface area contributed by atoms with Gasteiger partial charge in [0.2, 0.25) is 5.76 Å². The minimum Gasteiger partial charge on any atom is -0.493 e. The van der Waals surface area contributed by atoms with Gasteiger partial charge in [-0.3, -0.25) is 9.59 Å². The first-order valence-electron chi connectivity index (χ1n) is 9.00. The number of fused-ring (bicyclic) bond motifs is 1. The zero-order chi connectivity index (χ0) is 21.1. The minimum atomic E-state index is -0.500. The van der Waals surface area contributed by atoms with E-state index in [9.17, 15) is 9.59 Å². The number of carbonyl (C=O) groups excluding carboxylic acids is 2. The highest BCUT2D eigenvalue weighted by molar-refractivity contribution is 7.12. The molecule has 4 aromatic rings. The van der Waals surface area contributed by atoms with Gasteiger partial charge < -0.3 is 24.5 Å². The second-order valence-corrected chi connectivity index (χ2v) is 7.21. The normalized spacial score (nSPS) is 10.6. The van der Waals surface area contributed by atoms with Crippen LogP contribution in [0.2, 0.25) is 0 Å². The molecule has 0 aliphatic heterocycles. The number of thiophene rings is 1. The van der Waals surface area contributed by atoms with Gasteiger partial charge in [0.15, 0.2) is 11.5 Å². The van der Waals surface area contributed by atoms with Crippen molar-refractivity contribution in [1.82, 2.24) is 0 Å². The summed E-state index contributed by atoms with van der Waals surface area (Å²) in [5.41, 5.74) is 1.31. The van der Waals surface area contributed by atoms with E-state index in [0.29, 0.717) is 38.7 Å². The van der Waals surface area contributed by atoms with E-state index in [1.54, 1.807) is 48.5 Å². The Morgan fingerprint density at radius 1 is 0.900 bits per heavy atom. The number of hydrogen-bond acceptors (Lipinski definition) is 6. The Balaban J connectivity index is 1.68. The average molecular weight is 422 g/mol. The van der Waals surface area contributed by atoms with Crippen LogP contribution in [0.3, 0.4) is 0 Å². The maximum Gasteiger partial charge on any atom is 0.293 e. The van der Waals surface area contributed by atoms with Crippen LogP contribution in [0.5, 0.6) is 11.5 Å². The summed E-state index contributed by atoms with van der Waals surface area (Å²) in [5.74, 6) is 0.224. The third-order valence-corrected chi connectivity index (χ3v) is 5.30. The van der Waals surface area contributed by atoms with Crippen LogP contribution < -0.4 is 20.1 Å². The third kappa shape index (κ3) is 3.72. The molecule has 0 saturated heterocycles. The van der Waals surface area contributed by atoms with Crippen molar-refractivity contribution in [2.45, 2.75) is 0 Å². The van der Waals surface area contributed by atoms with E-state index in [1.807, 2.05) is 11.4 Å². The van der Waals surface area contributed by atoms with E-state index in [2.05, 4.69) is 10.6 Å². The molecule has 0 fully saturated rings. The molecular formula is C22H18N2O5S. The van der Waals surface area contributed by atoms with Crippen LogP contribution in [0, 0.1) is 0 Å². The van der Waals surface area contributed by atoms with Crippen LogP contribution in [0.1, 0.15) is 20.2 Å². The quantitative estimate of drug-likeness (QED) is 0.456. The molecule has 152 valence electrons. The molecule has 0 aliphatic carbocycles.